The molecular formula is C19H19BrN4O. The van der Waals surface area contributed by atoms with E-state index in [2.05, 4.69) is 26.5 Å². The SMILES string of the molecule is Cc1ccccc1CN(C=O)Nc1cccc(-c2nn(C)cc2Br)c1. The lowest BCUT2D eigenvalue weighted by molar-refractivity contribution is -0.117. The van der Waals surface area contributed by atoms with E-state index < -0.39 is 0 Å². The van der Waals surface area contributed by atoms with Crippen LogP contribution in [0.3, 0.4) is 0 Å². The van der Waals surface area contributed by atoms with Crippen LogP contribution in [-0.4, -0.2) is 21.2 Å². The third-order valence-corrected chi connectivity index (χ3v) is 4.50. The van der Waals surface area contributed by atoms with Gasteiger partial charge in [0, 0.05) is 18.8 Å². The van der Waals surface area contributed by atoms with E-state index in [-0.39, 0.29) is 0 Å². The summed E-state index contributed by atoms with van der Waals surface area (Å²) in [5.41, 5.74) is 8.08. The molecule has 5 nitrogen and oxygen atoms in total. The molecular weight excluding hydrogens is 380 g/mol. The van der Waals surface area contributed by atoms with Crippen LogP contribution in [0.25, 0.3) is 11.3 Å². The van der Waals surface area contributed by atoms with Crippen molar-refractivity contribution in [3.05, 3.63) is 70.3 Å². The van der Waals surface area contributed by atoms with Gasteiger partial charge in [-0.2, -0.15) is 5.10 Å². The number of aromatic nitrogens is 2. The molecule has 25 heavy (non-hydrogen) atoms. The zero-order valence-electron chi connectivity index (χ0n) is 14.1. The number of carbonyl (C=O) groups excluding carboxylic acids is 1. The van der Waals surface area contributed by atoms with Gasteiger partial charge in [0.25, 0.3) is 0 Å². The van der Waals surface area contributed by atoms with Crippen molar-refractivity contribution in [2.75, 3.05) is 5.43 Å². The Labute approximate surface area is 155 Å². The lowest BCUT2D eigenvalue weighted by Crippen LogP contribution is -2.28. The van der Waals surface area contributed by atoms with Gasteiger partial charge in [-0.1, -0.05) is 36.4 Å². The number of nitrogens with zero attached hydrogens (tertiary/aromatic N) is 3. The number of hydrogen-bond acceptors (Lipinski definition) is 3. The van der Waals surface area contributed by atoms with Crippen LogP contribution < -0.4 is 5.43 Å². The van der Waals surface area contributed by atoms with E-state index >= 15 is 0 Å². The Kier molecular flexibility index (Phi) is 5.19. The first-order valence-corrected chi connectivity index (χ1v) is 8.69. The highest BCUT2D eigenvalue weighted by molar-refractivity contribution is 9.10. The van der Waals surface area contributed by atoms with Crippen molar-refractivity contribution >= 4 is 28.0 Å². The van der Waals surface area contributed by atoms with E-state index in [1.807, 2.05) is 68.7 Å². The summed E-state index contributed by atoms with van der Waals surface area (Å²) in [5.74, 6) is 0. The minimum Gasteiger partial charge on any atom is -0.296 e. The molecule has 0 saturated carbocycles. The molecule has 0 radical (unpaired) electrons. The van der Waals surface area contributed by atoms with Crippen LogP contribution >= 0.6 is 15.9 Å². The molecule has 1 amide bonds. The Morgan fingerprint density at radius 2 is 2.04 bits per heavy atom. The van der Waals surface area contributed by atoms with Crippen molar-refractivity contribution in [2.45, 2.75) is 13.5 Å². The lowest BCUT2D eigenvalue weighted by atomic mass is 10.1. The van der Waals surface area contributed by atoms with E-state index in [0.717, 1.165) is 39.0 Å². The van der Waals surface area contributed by atoms with Gasteiger partial charge in [-0.05, 0) is 46.1 Å². The highest BCUT2D eigenvalue weighted by atomic mass is 79.9. The molecule has 0 aliphatic rings. The molecule has 1 aromatic heterocycles. The standard InChI is InChI=1S/C19H19BrN4O/c1-14-6-3-4-7-16(14)11-24(13-25)21-17-9-5-8-15(10-17)19-18(20)12-23(2)22-19/h3-10,12-13,21H,11H2,1-2H3. The van der Waals surface area contributed by atoms with Crippen LogP contribution in [-0.2, 0) is 18.4 Å². The van der Waals surface area contributed by atoms with E-state index in [1.165, 1.54) is 5.01 Å². The van der Waals surface area contributed by atoms with Crippen LogP contribution in [0.4, 0.5) is 5.69 Å². The highest BCUT2D eigenvalue weighted by Gasteiger charge is 2.10. The maximum Gasteiger partial charge on any atom is 0.228 e. The highest BCUT2D eigenvalue weighted by Crippen LogP contribution is 2.28. The molecule has 6 heteroatoms. The Morgan fingerprint density at radius 3 is 2.72 bits per heavy atom. The molecule has 0 spiro atoms. The average molecular weight is 399 g/mol. The molecule has 1 N–H and O–H groups in total. The number of benzene rings is 2. The fraction of sp³-hybridized carbons (Fsp3) is 0.158. The molecule has 3 rings (SSSR count). The van der Waals surface area contributed by atoms with Gasteiger partial charge in [0.2, 0.25) is 6.41 Å². The number of amides is 1. The number of halogens is 1. The minimum atomic E-state index is 0.494. The molecule has 0 aliphatic carbocycles. The van der Waals surface area contributed by atoms with Crippen molar-refractivity contribution < 1.29 is 4.79 Å². The van der Waals surface area contributed by atoms with E-state index in [0.29, 0.717) is 6.54 Å². The summed E-state index contributed by atoms with van der Waals surface area (Å²) in [7, 11) is 1.88. The molecule has 3 aromatic rings. The Balaban J connectivity index is 1.80. The van der Waals surface area contributed by atoms with E-state index in [1.54, 1.807) is 4.68 Å². The second-order valence-corrected chi connectivity index (χ2v) is 6.71. The first kappa shape index (κ1) is 17.2. The van der Waals surface area contributed by atoms with Crippen molar-refractivity contribution in [3.63, 3.8) is 0 Å². The van der Waals surface area contributed by atoms with Gasteiger partial charge >= 0.3 is 0 Å². The van der Waals surface area contributed by atoms with Gasteiger partial charge in [0.15, 0.2) is 0 Å². The molecule has 0 saturated heterocycles. The third kappa shape index (κ3) is 4.09. The largest absolute Gasteiger partial charge is 0.296 e. The monoisotopic (exact) mass is 398 g/mol. The zero-order valence-corrected chi connectivity index (χ0v) is 15.7. The number of rotatable bonds is 6. The minimum absolute atomic E-state index is 0.494. The molecule has 0 unspecified atom stereocenters. The number of hydrazine groups is 1. The predicted molar refractivity (Wildman–Crippen MR) is 103 cm³/mol. The van der Waals surface area contributed by atoms with Crippen molar-refractivity contribution in [2.24, 2.45) is 7.05 Å². The van der Waals surface area contributed by atoms with Crippen LogP contribution in [0.2, 0.25) is 0 Å². The summed E-state index contributed by atoms with van der Waals surface area (Å²) in [4.78, 5) is 11.5. The Hall–Kier alpha value is -2.60. The first-order chi connectivity index (χ1) is 12.1. The number of nitrogens with one attached hydrogen (secondary N) is 1. The van der Waals surface area contributed by atoms with Crippen LogP contribution in [0, 0.1) is 6.92 Å². The van der Waals surface area contributed by atoms with E-state index in [9.17, 15) is 4.79 Å². The summed E-state index contributed by atoms with van der Waals surface area (Å²) in [5, 5.41) is 6.00. The number of aryl methyl sites for hydroxylation is 2. The summed E-state index contributed by atoms with van der Waals surface area (Å²) in [6.45, 7) is 2.53. The summed E-state index contributed by atoms with van der Waals surface area (Å²) in [6, 6.07) is 15.9. The Morgan fingerprint density at radius 1 is 1.24 bits per heavy atom. The van der Waals surface area contributed by atoms with Gasteiger partial charge in [0.05, 0.1) is 16.7 Å². The number of anilines is 1. The summed E-state index contributed by atoms with van der Waals surface area (Å²) >= 11 is 3.52. The second-order valence-electron chi connectivity index (χ2n) is 5.85. The smallest absolute Gasteiger partial charge is 0.228 e. The molecule has 0 atom stereocenters. The molecule has 2 aromatic carbocycles. The van der Waals surface area contributed by atoms with Gasteiger partial charge in [-0.25, -0.2) is 0 Å². The van der Waals surface area contributed by atoms with Gasteiger partial charge < -0.3 is 0 Å². The number of carbonyl (C=O) groups is 1. The molecule has 0 bridgehead atoms. The molecule has 0 fully saturated rings. The fourth-order valence-corrected chi connectivity index (χ4v) is 3.24. The van der Waals surface area contributed by atoms with Crippen LogP contribution in [0.1, 0.15) is 11.1 Å². The number of hydrogen-bond donors (Lipinski definition) is 1. The van der Waals surface area contributed by atoms with Crippen molar-refractivity contribution in [1.82, 2.24) is 14.8 Å². The van der Waals surface area contributed by atoms with Gasteiger partial charge in [-0.15, -0.1) is 0 Å². The summed E-state index contributed by atoms with van der Waals surface area (Å²) in [6.07, 6.45) is 2.71. The molecule has 128 valence electrons. The fourth-order valence-electron chi connectivity index (χ4n) is 2.63. The third-order valence-electron chi connectivity index (χ3n) is 3.92. The summed E-state index contributed by atoms with van der Waals surface area (Å²) < 4.78 is 2.69. The van der Waals surface area contributed by atoms with Gasteiger partial charge in [-0.3, -0.25) is 19.9 Å². The Bertz CT molecular complexity index is 891. The maximum absolute atomic E-state index is 11.5. The first-order valence-electron chi connectivity index (χ1n) is 7.89. The van der Waals surface area contributed by atoms with Crippen LogP contribution in [0.5, 0.6) is 0 Å². The van der Waals surface area contributed by atoms with Crippen molar-refractivity contribution in [1.29, 1.82) is 0 Å². The normalized spacial score (nSPS) is 10.5. The maximum atomic E-state index is 11.5. The van der Waals surface area contributed by atoms with Gasteiger partial charge in [0.1, 0.15) is 5.69 Å². The molecule has 0 aliphatic heterocycles. The lowest BCUT2D eigenvalue weighted by Gasteiger charge is -2.21. The topological polar surface area (TPSA) is 50.2 Å². The quantitative estimate of drug-likeness (QED) is 0.501. The second kappa shape index (κ2) is 7.53. The average Bonchev–Trinajstić information content (AvgIpc) is 2.95. The van der Waals surface area contributed by atoms with E-state index in [4.69, 9.17) is 0 Å². The van der Waals surface area contributed by atoms with Crippen molar-refractivity contribution in [3.8, 4) is 11.3 Å². The predicted octanol–water partition coefficient (Wildman–Crippen LogP) is 4.14. The molecule has 1 heterocycles. The zero-order chi connectivity index (χ0) is 17.8. The van der Waals surface area contributed by atoms with Crippen LogP contribution in [0.15, 0.2) is 59.2 Å².